The number of rotatable bonds is 9. The maximum atomic E-state index is 5.33. The third-order valence-corrected chi connectivity index (χ3v) is 14.7. The quantitative estimate of drug-likeness (QED) is 0.147. The molecule has 0 aliphatic heterocycles. The standard InChI is InChI=1S/C52H39N5S/c1-3-20-46-42(4-2)43-27-14-17-30-47(43)56(46)51-53-50(54-52(55-51)57-48-31-18-15-28-44(48)45-29-16-19-32-49(45)57)37-33-35-41(36-34-37)58(38-21-8-5-9-22-38,39-23-10-6-11-24-39)40-25-12-7-13-26-40/h3-36H,2H2,1H3/b20-3-. The number of para-hydroxylation sites is 3. The van der Waals surface area contributed by atoms with Gasteiger partial charge in [-0.15, -0.1) is 10.0 Å². The molecule has 0 unspecified atom stereocenters. The molecule has 3 heterocycles. The van der Waals surface area contributed by atoms with Gasteiger partial charge in [-0.1, -0.05) is 140 Å². The van der Waals surface area contributed by atoms with Crippen molar-refractivity contribution in [3.63, 3.8) is 0 Å². The Kier molecular flexibility index (Phi) is 8.89. The van der Waals surface area contributed by atoms with E-state index in [4.69, 9.17) is 15.0 Å². The van der Waals surface area contributed by atoms with Crippen LogP contribution in [0, 0.1) is 0 Å². The molecule has 0 aliphatic rings. The molecule has 0 fully saturated rings. The lowest BCUT2D eigenvalue weighted by molar-refractivity contribution is 0.876. The Morgan fingerprint density at radius 3 is 1.34 bits per heavy atom. The van der Waals surface area contributed by atoms with E-state index in [2.05, 4.69) is 210 Å². The fourth-order valence-electron chi connectivity index (χ4n) is 8.36. The Labute approximate surface area is 339 Å². The lowest BCUT2D eigenvalue weighted by Crippen LogP contribution is -2.11. The first-order valence-corrected chi connectivity index (χ1v) is 21.1. The van der Waals surface area contributed by atoms with Gasteiger partial charge in [0.2, 0.25) is 11.9 Å². The van der Waals surface area contributed by atoms with Gasteiger partial charge in [-0.05, 0) is 79.7 Å². The molecule has 0 atom stereocenters. The van der Waals surface area contributed by atoms with Crippen LogP contribution in [-0.2, 0) is 0 Å². The van der Waals surface area contributed by atoms with Crippen LogP contribution in [0.4, 0.5) is 0 Å². The second-order valence-corrected chi connectivity index (χ2v) is 17.2. The topological polar surface area (TPSA) is 48.5 Å². The zero-order valence-electron chi connectivity index (χ0n) is 32.0. The monoisotopic (exact) mass is 765 g/mol. The molecule has 0 amide bonds. The van der Waals surface area contributed by atoms with Crippen molar-refractivity contribution in [2.45, 2.75) is 26.5 Å². The van der Waals surface area contributed by atoms with Crippen LogP contribution in [0.1, 0.15) is 18.2 Å². The van der Waals surface area contributed by atoms with E-state index in [1.807, 2.05) is 19.1 Å². The summed E-state index contributed by atoms with van der Waals surface area (Å²) in [7, 11) is -1.87. The van der Waals surface area contributed by atoms with Crippen molar-refractivity contribution in [2.24, 2.45) is 0 Å². The van der Waals surface area contributed by atoms with Gasteiger partial charge >= 0.3 is 0 Å². The lowest BCUT2D eigenvalue weighted by Gasteiger charge is -2.42. The molecule has 0 radical (unpaired) electrons. The minimum atomic E-state index is -1.87. The Bertz CT molecular complexity index is 2980. The first-order chi connectivity index (χ1) is 28.7. The Morgan fingerprint density at radius 1 is 0.448 bits per heavy atom. The molecule has 0 N–H and O–H groups in total. The average molecular weight is 766 g/mol. The molecule has 0 spiro atoms. The van der Waals surface area contributed by atoms with E-state index < -0.39 is 10.0 Å². The highest BCUT2D eigenvalue weighted by Crippen LogP contribution is 2.73. The molecular formula is C52H39N5S. The predicted octanol–water partition coefficient (Wildman–Crippen LogP) is 13.6. The number of allylic oxidation sites excluding steroid dienone is 1. The molecule has 58 heavy (non-hydrogen) atoms. The van der Waals surface area contributed by atoms with Crippen LogP contribution >= 0.6 is 10.0 Å². The van der Waals surface area contributed by atoms with E-state index in [9.17, 15) is 0 Å². The second kappa shape index (κ2) is 14.7. The van der Waals surface area contributed by atoms with Crippen molar-refractivity contribution in [3.8, 4) is 23.3 Å². The molecule has 10 aromatic rings. The van der Waals surface area contributed by atoms with Crippen LogP contribution in [0.5, 0.6) is 0 Å². The van der Waals surface area contributed by atoms with Crippen molar-refractivity contribution >= 4 is 54.9 Å². The second-order valence-electron chi connectivity index (χ2n) is 14.1. The number of nitrogens with zero attached hydrogens (tertiary/aromatic N) is 5. The molecule has 7 aromatic carbocycles. The number of benzene rings is 7. The van der Waals surface area contributed by atoms with Crippen molar-refractivity contribution < 1.29 is 0 Å². The minimum absolute atomic E-state index is 0.529. The van der Waals surface area contributed by atoms with E-state index >= 15 is 0 Å². The summed E-state index contributed by atoms with van der Waals surface area (Å²) in [5.74, 6) is 1.65. The zero-order valence-corrected chi connectivity index (χ0v) is 32.8. The van der Waals surface area contributed by atoms with Crippen LogP contribution in [0.15, 0.2) is 220 Å². The molecule has 3 aromatic heterocycles. The fourth-order valence-corrected chi connectivity index (χ4v) is 12.2. The largest absolute Gasteiger partial charge is 0.278 e. The molecule has 10 rings (SSSR count). The summed E-state index contributed by atoms with van der Waals surface area (Å²) in [6.45, 7) is 6.24. The van der Waals surface area contributed by atoms with E-state index in [1.54, 1.807) is 0 Å². The van der Waals surface area contributed by atoms with Crippen molar-refractivity contribution in [1.82, 2.24) is 24.1 Å². The highest BCUT2D eigenvalue weighted by Gasteiger charge is 2.33. The predicted molar refractivity (Wildman–Crippen MR) is 241 cm³/mol. The molecule has 6 heteroatoms. The molecule has 5 nitrogen and oxygen atoms in total. The number of aromatic nitrogens is 5. The van der Waals surface area contributed by atoms with Gasteiger partial charge in [0.25, 0.3) is 0 Å². The summed E-state index contributed by atoms with van der Waals surface area (Å²) in [6, 6.07) is 66.9. The maximum absolute atomic E-state index is 5.33. The van der Waals surface area contributed by atoms with E-state index in [0.29, 0.717) is 17.7 Å². The molecule has 0 saturated carbocycles. The minimum Gasteiger partial charge on any atom is -0.278 e. The smallest absolute Gasteiger partial charge is 0.240 e. The molecule has 0 aliphatic carbocycles. The van der Waals surface area contributed by atoms with Gasteiger partial charge in [0.15, 0.2) is 5.82 Å². The summed E-state index contributed by atoms with van der Waals surface area (Å²) < 4.78 is 4.30. The summed E-state index contributed by atoms with van der Waals surface area (Å²) in [5, 5.41) is 3.36. The van der Waals surface area contributed by atoms with Crippen LogP contribution < -0.4 is 0 Å². The third-order valence-electron chi connectivity index (χ3n) is 10.8. The van der Waals surface area contributed by atoms with Gasteiger partial charge in [-0.3, -0.25) is 9.13 Å². The highest BCUT2D eigenvalue weighted by atomic mass is 32.3. The van der Waals surface area contributed by atoms with Gasteiger partial charge in [-0.2, -0.15) is 15.0 Å². The summed E-state index contributed by atoms with van der Waals surface area (Å²) >= 11 is 0. The van der Waals surface area contributed by atoms with Gasteiger partial charge in [-0.25, -0.2) is 0 Å². The van der Waals surface area contributed by atoms with Crippen molar-refractivity contribution in [2.75, 3.05) is 0 Å². The highest BCUT2D eigenvalue weighted by molar-refractivity contribution is 8.34. The van der Waals surface area contributed by atoms with Gasteiger partial charge in [0.1, 0.15) is 0 Å². The SMILES string of the molecule is C=Cc1c(/C=C\C)n(-c2nc(-c3ccc(S(c4ccccc4)(c4ccccc4)c4ccccc4)cc3)nc(-n3c4ccccc4c4ccccc43)n2)c2ccccc12. The van der Waals surface area contributed by atoms with Crippen LogP contribution in [0.3, 0.4) is 0 Å². The van der Waals surface area contributed by atoms with Crippen molar-refractivity contribution in [3.05, 3.63) is 212 Å². The normalized spacial score (nSPS) is 12.2. The maximum Gasteiger partial charge on any atom is 0.240 e. The molecule has 0 bridgehead atoms. The van der Waals surface area contributed by atoms with Crippen molar-refractivity contribution in [1.29, 1.82) is 0 Å². The molecule has 278 valence electrons. The van der Waals surface area contributed by atoms with Crippen LogP contribution in [-0.4, -0.2) is 24.1 Å². The average Bonchev–Trinajstić information content (AvgIpc) is 3.80. The fraction of sp³-hybridized carbons (Fsp3) is 0.0192. The number of fused-ring (bicyclic) bond motifs is 4. The first kappa shape index (κ1) is 35.2. The Hall–Kier alpha value is -7.28. The Morgan fingerprint density at radius 2 is 0.862 bits per heavy atom. The van der Waals surface area contributed by atoms with Gasteiger partial charge in [0.05, 0.1) is 22.2 Å². The third kappa shape index (κ3) is 5.60. The Balaban J connectivity index is 1.24. The van der Waals surface area contributed by atoms with Crippen LogP contribution in [0.25, 0.3) is 68.1 Å². The zero-order chi connectivity index (χ0) is 39.1. The van der Waals surface area contributed by atoms with E-state index in [1.165, 1.54) is 19.6 Å². The number of hydrogen-bond donors (Lipinski definition) is 0. The van der Waals surface area contributed by atoms with Gasteiger partial charge in [0, 0.05) is 46.9 Å². The van der Waals surface area contributed by atoms with Crippen LogP contribution in [0.2, 0.25) is 0 Å². The summed E-state index contributed by atoms with van der Waals surface area (Å²) in [6.07, 6.45) is 6.07. The number of hydrogen-bond acceptors (Lipinski definition) is 3. The summed E-state index contributed by atoms with van der Waals surface area (Å²) in [4.78, 5) is 21.0. The first-order valence-electron chi connectivity index (χ1n) is 19.4. The van der Waals surface area contributed by atoms with E-state index in [-0.39, 0.29) is 0 Å². The molecular weight excluding hydrogens is 727 g/mol. The molecule has 0 saturated heterocycles. The van der Waals surface area contributed by atoms with Gasteiger partial charge < -0.3 is 0 Å². The summed E-state index contributed by atoms with van der Waals surface area (Å²) in [5.41, 5.74) is 5.93. The lowest BCUT2D eigenvalue weighted by atomic mass is 10.1. The van der Waals surface area contributed by atoms with E-state index in [0.717, 1.165) is 49.5 Å².